The highest BCUT2D eigenvalue weighted by atomic mass is 19.4. The normalized spacial score (nSPS) is 14.2. The van der Waals surface area contributed by atoms with Crippen molar-refractivity contribution in [2.24, 2.45) is 0 Å². The van der Waals surface area contributed by atoms with E-state index in [9.17, 15) is 13.2 Å². The van der Waals surface area contributed by atoms with Gasteiger partial charge in [0.05, 0.1) is 5.56 Å². The monoisotopic (exact) mass is 255 g/mol. The molecular formula is C12H8F3NO2. The molecule has 0 fully saturated rings. The number of hydrogen-bond donors (Lipinski definition) is 0. The molecule has 2 aromatic rings. The van der Waals surface area contributed by atoms with Crippen LogP contribution in [0.5, 0.6) is 11.5 Å². The second kappa shape index (κ2) is 3.51. The van der Waals surface area contributed by atoms with Gasteiger partial charge in [-0.05, 0) is 19.1 Å². The van der Waals surface area contributed by atoms with Crippen molar-refractivity contribution in [3.63, 3.8) is 0 Å². The molecule has 0 atom stereocenters. The predicted octanol–water partition coefficient (Wildman–Crippen LogP) is 3.29. The van der Waals surface area contributed by atoms with E-state index in [1.54, 1.807) is 6.92 Å². The lowest BCUT2D eigenvalue weighted by molar-refractivity contribution is -0.136. The van der Waals surface area contributed by atoms with Crippen LogP contribution < -0.4 is 9.47 Å². The summed E-state index contributed by atoms with van der Waals surface area (Å²) in [7, 11) is 0. The number of hydrogen-bond acceptors (Lipinski definition) is 3. The minimum Gasteiger partial charge on any atom is -0.454 e. The van der Waals surface area contributed by atoms with Crippen LogP contribution in [0, 0.1) is 6.92 Å². The lowest BCUT2D eigenvalue weighted by atomic mass is 10.0. The molecule has 3 rings (SSSR count). The van der Waals surface area contributed by atoms with Gasteiger partial charge in [0.15, 0.2) is 11.5 Å². The van der Waals surface area contributed by atoms with Gasteiger partial charge in [0.2, 0.25) is 6.79 Å². The van der Waals surface area contributed by atoms with Gasteiger partial charge in [-0.2, -0.15) is 13.2 Å². The minimum absolute atomic E-state index is 0.0273. The van der Waals surface area contributed by atoms with Crippen molar-refractivity contribution in [3.05, 3.63) is 29.6 Å². The van der Waals surface area contributed by atoms with Gasteiger partial charge in [0.1, 0.15) is 0 Å². The Kier molecular flexibility index (Phi) is 2.17. The molecule has 0 radical (unpaired) electrons. The molecule has 0 unspecified atom stereocenters. The Morgan fingerprint density at radius 2 is 1.72 bits per heavy atom. The average molecular weight is 255 g/mol. The van der Waals surface area contributed by atoms with Crippen LogP contribution in [0.1, 0.15) is 11.3 Å². The lowest BCUT2D eigenvalue weighted by Crippen LogP contribution is -2.07. The number of nitrogens with zero attached hydrogens (tertiary/aromatic N) is 1. The molecule has 3 nitrogen and oxygen atoms in total. The third-order valence-corrected chi connectivity index (χ3v) is 2.89. The van der Waals surface area contributed by atoms with Crippen LogP contribution in [0.15, 0.2) is 18.3 Å². The van der Waals surface area contributed by atoms with Gasteiger partial charge in [0.25, 0.3) is 0 Å². The van der Waals surface area contributed by atoms with Gasteiger partial charge in [-0.25, -0.2) is 0 Å². The lowest BCUT2D eigenvalue weighted by Gasteiger charge is -2.12. The summed E-state index contributed by atoms with van der Waals surface area (Å²) in [5.74, 6) is 0.783. The fourth-order valence-electron chi connectivity index (χ4n) is 1.99. The Morgan fingerprint density at radius 3 is 2.33 bits per heavy atom. The summed E-state index contributed by atoms with van der Waals surface area (Å²) >= 11 is 0. The molecule has 0 spiro atoms. The summed E-state index contributed by atoms with van der Waals surface area (Å²) in [6.07, 6.45) is -3.59. The number of aromatic nitrogens is 1. The minimum atomic E-state index is -4.44. The van der Waals surface area contributed by atoms with Crippen molar-refractivity contribution >= 4 is 10.8 Å². The van der Waals surface area contributed by atoms with Gasteiger partial charge in [-0.15, -0.1) is 0 Å². The Bertz CT molecular complexity index is 637. The van der Waals surface area contributed by atoms with Crippen LogP contribution in [0.2, 0.25) is 0 Å². The van der Waals surface area contributed by atoms with E-state index in [1.807, 2.05) is 0 Å². The van der Waals surface area contributed by atoms with Gasteiger partial charge in [0, 0.05) is 22.7 Å². The Hall–Kier alpha value is -1.98. The van der Waals surface area contributed by atoms with Crippen LogP contribution in [-0.2, 0) is 6.18 Å². The highest BCUT2D eigenvalue weighted by Gasteiger charge is 2.34. The molecule has 1 aliphatic heterocycles. The van der Waals surface area contributed by atoms with E-state index in [-0.39, 0.29) is 12.2 Å². The number of benzene rings is 1. The summed E-state index contributed by atoms with van der Waals surface area (Å²) < 4.78 is 48.9. The third kappa shape index (κ3) is 1.56. The molecular weight excluding hydrogens is 247 g/mol. The first-order chi connectivity index (χ1) is 8.47. The highest BCUT2D eigenvalue weighted by molar-refractivity contribution is 5.91. The topological polar surface area (TPSA) is 31.4 Å². The first-order valence-electron chi connectivity index (χ1n) is 5.23. The van der Waals surface area contributed by atoms with Gasteiger partial charge >= 0.3 is 6.18 Å². The first kappa shape index (κ1) is 11.1. The Balaban J connectivity index is 2.37. The van der Waals surface area contributed by atoms with Crippen molar-refractivity contribution in [2.45, 2.75) is 13.1 Å². The van der Waals surface area contributed by atoms with Crippen molar-refractivity contribution in [1.29, 1.82) is 0 Å². The molecule has 18 heavy (non-hydrogen) atoms. The first-order valence-corrected chi connectivity index (χ1v) is 5.23. The average Bonchev–Trinajstić information content (AvgIpc) is 2.72. The fraction of sp³-hybridized carbons (Fsp3) is 0.250. The number of rotatable bonds is 0. The van der Waals surface area contributed by atoms with E-state index in [4.69, 9.17) is 9.47 Å². The molecule has 0 aliphatic carbocycles. The van der Waals surface area contributed by atoms with Crippen molar-refractivity contribution in [2.75, 3.05) is 6.79 Å². The largest absolute Gasteiger partial charge is 0.454 e. The second-order valence-corrected chi connectivity index (χ2v) is 4.01. The van der Waals surface area contributed by atoms with E-state index in [0.29, 0.717) is 22.6 Å². The number of ether oxygens (including phenoxy) is 2. The van der Waals surface area contributed by atoms with Gasteiger partial charge in [-0.1, -0.05) is 0 Å². The zero-order valence-corrected chi connectivity index (χ0v) is 9.34. The molecule has 0 N–H and O–H groups in total. The third-order valence-electron chi connectivity index (χ3n) is 2.89. The summed E-state index contributed by atoms with van der Waals surface area (Å²) in [4.78, 5) is 3.78. The molecule has 1 aliphatic rings. The molecule has 2 heterocycles. The Labute approximate surface area is 100 Å². The maximum atomic E-state index is 12.9. The van der Waals surface area contributed by atoms with E-state index in [1.165, 1.54) is 12.1 Å². The maximum Gasteiger partial charge on any atom is 0.418 e. The van der Waals surface area contributed by atoms with E-state index in [0.717, 1.165) is 6.20 Å². The van der Waals surface area contributed by atoms with Crippen molar-refractivity contribution in [3.8, 4) is 11.5 Å². The quantitative estimate of drug-likeness (QED) is 0.723. The molecule has 1 aromatic carbocycles. The number of aryl methyl sites for hydroxylation is 1. The number of halogens is 3. The number of fused-ring (bicyclic) bond motifs is 2. The number of alkyl halides is 3. The van der Waals surface area contributed by atoms with Gasteiger partial charge in [-0.3, -0.25) is 4.98 Å². The highest BCUT2D eigenvalue weighted by Crippen LogP contribution is 2.41. The van der Waals surface area contributed by atoms with Crippen LogP contribution in [-0.4, -0.2) is 11.8 Å². The molecule has 1 aromatic heterocycles. The summed E-state index contributed by atoms with van der Waals surface area (Å²) in [6.45, 7) is 1.68. The molecule has 94 valence electrons. The molecule has 0 saturated heterocycles. The van der Waals surface area contributed by atoms with Crippen LogP contribution in [0.4, 0.5) is 13.2 Å². The maximum absolute atomic E-state index is 12.9. The number of pyridine rings is 1. The predicted molar refractivity (Wildman–Crippen MR) is 57.6 cm³/mol. The molecule has 6 heteroatoms. The standard InChI is InChI=1S/C12H8F3NO2/c1-6-7-2-10-11(18-5-17-10)3-8(7)9(4-16-6)12(13,14)15/h2-4H,5H2,1H3. The van der Waals surface area contributed by atoms with Crippen molar-refractivity contribution in [1.82, 2.24) is 4.98 Å². The van der Waals surface area contributed by atoms with Crippen LogP contribution in [0.25, 0.3) is 10.8 Å². The van der Waals surface area contributed by atoms with E-state index >= 15 is 0 Å². The Morgan fingerprint density at radius 1 is 1.11 bits per heavy atom. The SMILES string of the molecule is Cc1ncc(C(F)(F)F)c2cc3c(cc12)OCO3. The smallest absolute Gasteiger partial charge is 0.418 e. The second-order valence-electron chi connectivity index (χ2n) is 4.01. The molecule has 0 amide bonds. The van der Waals surface area contributed by atoms with Crippen LogP contribution >= 0.6 is 0 Å². The van der Waals surface area contributed by atoms with Gasteiger partial charge < -0.3 is 9.47 Å². The molecule has 0 saturated carbocycles. The summed E-state index contributed by atoms with van der Waals surface area (Å²) in [5.41, 5.74) is -0.238. The van der Waals surface area contributed by atoms with E-state index < -0.39 is 11.7 Å². The zero-order valence-electron chi connectivity index (χ0n) is 9.34. The zero-order chi connectivity index (χ0) is 12.9. The van der Waals surface area contributed by atoms with E-state index in [2.05, 4.69) is 4.98 Å². The van der Waals surface area contributed by atoms with Crippen molar-refractivity contribution < 1.29 is 22.6 Å². The molecule has 0 bridgehead atoms. The summed E-state index contributed by atoms with van der Waals surface area (Å²) in [5, 5.41) is 0.508. The van der Waals surface area contributed by atoms with Crippen LogP contribution in [0.3, 0.4) is 0 Å². The fourth-order valence-corrected chi connectivity index (χ4v) is 1.99. The summed E-state index contributed by atoms with van der Waals surface area (Å²) in [6, 6.07) is 2.89.